The van der Waals surface area contributed by atoms with Gasteiger partial charge in [0.2, 0.25) is 0 Å². The molecule has 0 saturated carbocycles. The van der Waals surface area contributed by atoms with E-state index in [0.29, 0.717) is 5.02 Å². The van der Waals surface area contributed by atoms with E-state index in [0.717, 1.165) is 16.7 Å². The highest BCUT2D eigenvalue weighted by molar-refractivity contribution is 6.31. The van der Waals surface area contributed by atoms with Crippen LogP contribution in [0, 0.1) is 6.92 Å². The van der Waals surface area contributed by atoms with Crippen molar-refractivity contribution in [1.82, 2.24) is 4.98 Å². The van der Waals surface area contributed by atoms with Crippen molar-refractivity contribution in [2.75, 3.05) is 0 Å². The van der Waals surface area contributed by atoms with Crippen molar-refractivity contribution in [1.29, 1.82) is 0 Å². The molecule has 0 saturated heterocycles. The molecule has 0 aliphatic carbocycles. The molecule has 17 heavy (non-hydrogen) atoms. The number of benzene rings is 1. The Hall–Kier alpha value is -1.87. The van der Waals surface area contributed by atoms with Gasteiger partial charge in [-0.25, -0.2) is 4.79 Å². The van der Waals surface area contributed by atoms with E-state index >= 15 is 0 Å². The van der Waals surface area contributed by atoms with E-state index in [9.17, 15) is 4.79 Å². The Bertz CT molecular complexity index is 581. The summed E-state index contributed by atoms with van der Waals surface area (Å²) in [6, 6.07) is 7.12. The van der Waals surface area contributed by atoms with Crippen LogP contribution < -0.4 is 0 Å². The number of aromatic nitrogens is 1. The molecule has 0 bridgehead atoms. The second kappa shape index (κ2) is 4.55. The van der Waals surface area contributed by atoms with E-state index < -0.39 is 5.97 Å². The predicted octanol–water partition coefficient (Wildman–Crippen LogP) is 3.41. The average molecular weight is 248 g/mol. The summed E-state index contributed by atoms with van der Waals surface area (Å²) in [5.74, 6) is -0.987. The Morgan fingerprint density at radius 3 is 2.82 bits per heavy atom. The van der Waals surface area contributed by atoms with Crippen molar-refractivity contribution in [3.8, 4) is 11.1 Å². The van der Waals surface area contributed by atoms with Gasteiger partial charge in [0.1, 0.15) is 0 Å². The quantitative estimate of drug-likeness (QED) is 0.885. The van der Waals surface area contributed by atoms with Crippen molar-refractivity contribution in [2.45, 2.75) is 6.92 Å². The van der Waals surface area contributed by atoms with Gasteiger partial charge in [0, 0.05) is 23.0 Å². The molecule has 86 valence electrons. The van der Waals surface area contributed by atoms with Gasteiger partial charge in [-0.3, -0.25) is 4.98 Å². The van der Waals surface area contributed by atoms with Crippen LogP contribution in [0.3, 0.4) is 0 Å². The maximum Gasteiger partial charge on any atom is 0.337 e. The van der Waals surface area contributed by atoms with Crippen LogP contribution in [0.5, 0.6) is 0 Å². The second-order valence-electron chi connectivity index (χ2n) is 3.68. The third-order valence-corrected chi connectivity index (χ3v) is 2.97. The second-order valence-corrected chi connectivity index (χ2v) is 4.09. The number of hydrogen-bond acceptors (Lipinski definition) is 2. The molecule has 0 aliphatic heterocycles. The molecule has 1 heterocycles. The van der Waals surface area contributed by atoms with Gasteiger partial charge in [-0.2, -0.15) is 0 Å². The minimum Gasteiger partial charge on any atom is -0.478 e. The molecule has 1 N–H and O–H groups in total. The van der Waals surface area contributed by atoms with Crippen LogP contribution in [0.1, 0.15) is 15.9 Å². The third kappa shape index (κ3) is 2.29. The zero-order valence-electron chi connectivity index (χ0n) is 9.14. The molecule has 4 heteroatoms. The van der Waals surface area contributed by atoms with E-state index in [4.69, 9.17) is 16.7 Å². The number of pyridine rings is 1. The molecule has 0 atom stereocenters. The van der Waals surface area contributed by atoms with Crippen LogP contribution in [-0.2, 0) is 0 Å². The minimum atomic E-state index is -0.987. The maximum absolute atomic E-state index is 10.9. The lowest BCUT2D eigenvalue weighted by molar-refractivity contribution is 0.0696. The number of rotatable bonds is 2. The number of carboxylic acids is 1. The van der Waals surface area contributed by atoms with Gasteiger partial charge in [0.25, 0.3) is 0 Å². The Morgan fingerprint density at radius 2 is 2.12 bits per heavy atom. The Morgan fingerprint density at radius 1 is 1.35 bits per heavy atom. The first-order chi connectivity index (χ1) is 8.09. The Kier molecular flexibility index (Phi) is 3.11. The summed E-state index contributed by atoms with van der Waals surface area (Å²) in [6.45, 7) is 1.89. The molecule has 2 rings (SSSR count). The van der Waals surface area contributed by atoms with E-state index in [-0.39, 0.29) is 5.56 Å². The van der Waals surface area contributed by atoms with Crippen molar-refractivity contribution < 1.29 is 9.90 Å². The predicted molar refractivity (Wildman–Crippen MR) is 66.4 cm³/mol. The maximum atomic E-state index is 10.9. The van der Waals surface area contributed by atoms with Crippen molar-refractivity contribution >= 4 is 17.6 Å². The van der Waals surface area contributed by atoms with Crippen LogP contribution in [-0.4, -0.2) is 16.1 Å². The number of aromatic carboxylic acids is 1. The lowest BCUT2D eigenvalue weighted by atomic mass is 10.0. The molecular weight excluding hydrogens is 238 g/mol. The molecule has 0 spiro atoms. The van der Waals surface area contributed by atoms with Crippen LogP contribution in [0.25, 0.3) is 11.1 Å². The van der Waals surface area contributed by atoms with Gasteiger partial charge >= 0.3 is 5.97 Å². The third-order valence-electron chi connectivity index (χ3n) is 2.56. The Labute approximate surface area is 104 Å². The van der Waals surface area contributed by atoms with Gasteiger partial charge in [-0.1, -0.05) is 23.7 Å². The molecule has 1 aromatic carbocycles. The van der Waals surface area contributed by atoms with Gasteiger partial charge < -0.3 is 5.11 Å². The zero-order chi connectivity index (χ0) is 12.4. The number of carbonyl (C=O) groups is 1. The molecule has 1 aromatic heterocycles. The zero-order valence-corrected chi connectivity index (χ0v) is 9.90. The normalized spacial score (nSPS) is 10.2. The van der Waals surface area contributed by atoms with Crippen molar-refractivity contribution in [2.24, 2.45) is 0 Å². The number of carboxylic acid groups (broad SMARTS) is 1. The summed E-state index contributed by atoms with van der Waals surface area (Å²) >= 11 is 6.03. The molecule has 0 amide bonds. The van der Waals surface area contributed by atoms with E-state index in [1.807, 2.05) is 19.1 Å². The van der Waals surface area contributed by atoms with Gasteiger partial charge in [-0.05, 0) is 30.2 Å². The summed E-state index contributed by atoms with van der Waals surface area (Å²) < 4.78 is 0. The molecule has 0 unspecified atom stereocenters. The SMILES string of the molecule is Cc1c(Cl)cccc1-c1cncc(C(=O)O)c1. The number of nitrogens with zero attached hydrogens (tertiary/aromatic N) is 1. The van der Waals surface area contributed by atoms with Crippen LogP contribution in [0.15, 0.2) is 36.7 Å². The van der Waals surface area contributed by atoms with Gasteiger partial charge in [0.05, 0.1) is 5.56 Å². The van der Waals surface area contributed by atoms with Crippen LogP contribution in [0.4, 0.5) is 0 Å². The van der Waals surface area contributed by atoms with E-state index in [1.165, 1.54) is 6.20 Å². The summed E-state index contributed by atoms with van der Waals surface area (Å²) in [5, 5.41) is 9.57. The monoisotopic (exact) mass is 247 g/mol. The molecule has 2 aromatic rings. The first-order valence-electron chi connectivity index (χ1n) is 5.03. The average Bonchev–Trinajstić information content (AvgIpc) is 2.33. The molecule has 0 radical (unpaired) electrons. The standard InChI is InChI=1S/C13H10ClNO2/c1-8-11(3-2-4-12(8)14)9-5-10(13(16)17)7-15-6-9/h2-7H,1H3,(H,16,17). The van der Waals surface area contributed by atoms with Crippen LogP contribution in [0.2, 0.25) is 5.02 Å². The van der Waals surface area contributed by atoms with Crippen LogP contribution >= 0.6 is 11.6 Å². The van der Waals surface area contributed by atoms with Crippen molar-refractivity contribution in [3.63, 3.8) is 0 Å². The van der Waals surface area contributed by atoms with Gasteiger partial charge in [-0.15, -0.1) is 0 Å². The first kappa shape index (κ1) is 11.6. The van der Waals surface area contributed by atoms with Crippen molar-refractivity contribution in [3.05, 3.63) is 52.8 Å². The topological polar surface area (TPSA) is 50.2 Å². The smallest absolute Gasteiger partial charge is 0.337 e. The van der Waals surface area contributed by atoms with Gasteiger partial charge in [0.15, 0.2) is 0 Å². The molecule has 3 nitrogen and oxygen atoms in total. The highest BCUT2D eigenvalue weighted by Crippen LogP contribution is 2.28. The summed E-state index contributed by atoms with van der Waals surface area (Å²) in [5.41, 5.74) is 2.73. The van der Waals surface area contributed by atoms with E-state index in [1.54, 1.807) is 18.3 Å². The number of hydrogen-bond donors (Lipinski definition) is 1. The summed E-state index contributed by atoms with van der Waals surface area (Å²) in [7, 11) is 0. The largest absolute Gasteiger partial charge is 0.478 e. The Balaban J connectivity index is 2.57. The fourth-order valence-electron chi connectivity index (χ4n) is 1.62. The molecular formula is C13H10ClNO2. The number of halogens is 1. The molecule has 0 fully saturated rings. The fraction of sp³-hybridized carbons (Fsp3) is 0.0769. The molecule has 0 aliphatic rings. The lowest BCUT2D eigenvalue weighted by Crippen LogP contribution is -1.97. The highest BCUT2D eigenvalue weighted by Gasteiger charge is 2.08. The first-order valence-corrected chi connectivity index (χ1v) is 5.41. The highest BCUT2D eigenvalue weighted by atomic mass is 35.5. The summed E-state index contributed by atoms with van der Waals surface area (Å²) in [4.78, 5) is 14.8. The minimum absolute atomic E-state index is 0.168. The van der Waals surface area contributed by atoms with E-state index in [2.05, 4.69) is 4.98 Å². The fourth-order valence-corrected chi connectivity index (χ4v) is 1.80. The summed E-state index contributed by atoms with van der Waals surface area (Å²) in [6.07, 6.45) is 2.96. The lowest BCUT2D eigenvalue weighted by Gasteiger charge is -2.07.